The maximum Gasteiger partial charge on any atom is 0.303 e. The van der Waals surface area contributed by atoms with Gasteiger partial charge in [0.15, 0.2) is 0 Å². The number of amides is 1. The molecule has 0 atom stereocenters. The topological polar surface area (TPSA) is 83.4 Å². The number of hydrogen-bond acceptors (Lipinski definition) is 4. The Hall–Kier alpha value is -1.98. The van der Waals surface area contributed by atoms with Gasteiger partial charge in [-0.25, -0.2) is 9.97 Å². The van der Waals surface area contributed by atoms with Gasteiger partial charge in [-0.05, 0) is 12.5 Å². The molecule has 0 spiro atoms. The summed E-state index contributed by atoms with van der Waals surface area (Å²) in [6.45, 7) is 1.71. The van der Waals surface area contributed by atoms with Crippen molar-refractivity contribution in [2.45, 2.75) is 19.8 Å². The molecule has 0 aliphatic carbocycles. The first-order valence-corrected chi connectivity index (χ1v) is 4.88. The first kappa shape index (κ1) is 12.1. The van der Waals surface area contributed by atoms with Crippen molar-refractivity contribution >= 4 is 17.8 Å². The monoisotopic (exact) mass is 223 g/mol. The molecule has 1 heterocycles. The summed E-state index contributed by atoms with van der Waals surface area (Å²) in [6, 6.07) is 1.65. The number of carbonyl (C=O) groups excluding carboxylic acids is 1. The van der Waals surface area contributed by atoms with Gasteiger partial charge in [-0.3, -0.25) is 14.5 Å². The molecule has 0 aliphatic rings. The highest BCUT2D eigenvalue weighted by Gasteiger charge is 2.13. The van der Waals surface area contributed by atoms with Crippen LogP contribution in [0.15, 0.2) is 18.5 Å². The number of carbonyl (C=O) groups is 2. The number of carboxylic acid groups (broad SMARTS) is 1. The van der Waals surface area contributed by atoms with E-state index in [1.165, 1.54) is 24.2 Å². The molecule has 1 amide bonds. The highest BCUT2D eigenvalue weighted by atomic mass is 16.4. The molecule has 0 aliphatic heterocycles. The highest BCUT2D eigenvalue weighted by Crippen LogP contribution is 2.07. The van der Waals surface area contributed by atoms with Gasteiger partial charge in [0.2, 0.25) is 11.9 Å². The Morgan fingerprint density at radius 3 is 2.50 bits per heavy atom. The quantitative estimate of drug-likeness (QED) is 0.794. The van der Waals surface area contributed by atoms with E-state index >= 15 is 0 Å². The Morgan fingerprint density at radius 1 is 1.38 bits per heavy atom. The SMILES string of the molecule is CC(=O)N(CCCC(=O)O)c1ncccn1. The molecule has 1 aromatic heterocycles. The lowest BCUT2D eigenvalue weighted by Crippen LogP contribution is -2.31. The Labute approximate surface area is 92.9 Å². The molecule has 0 bridgehead atoms. The highest BCUT2D eigenvalue weighted by molar-refractivity contribution is 5.89. The molecule has 1 aromatic rings. The van der Waals surface area contributed by atoms with Crippen molar-refractivity contribution in [1.82, 2.24) is 9.97 Å². The molecule has 0 saturated heterocycles. The normalized spacial score (nSPS) is 9.81. The number of aromatic nitrogens is 2. The molecule has 16 heavy (non-hydrogen) atoms. The van der Waals surface area contributed by atoms with Gasteiger partial charge in [-0.15, -0.1) is 0 Å². The molecule has 0 fully saturated rings. The molecule has 1 rings (SSSR count). The smallest absolute Gasteiger partial charge is 0.303 e. The van der Waals surface area contributed by atoms with Gasteiger partial charge in [0.25, 0.3) is 0 Å². The minimum atomic E-state index is -0.877. The third-order valence-electron chi connectivity index (χ3n) is 1.95. The molecular formula is C10H13N3O3. The Kier molecular flexibility index (Phi) is 4.38. The van der Waals surface area contributed by atoms with E-state index in [9.17, 15) is 9.59 Å². The van der Waals surface area contributed by atoms with E-state index in [2.05, 4.69) is 9.97 Å². The van der Waals surface area contributed by atoms with Crippen LogP contribution in [0, 0.1) is 0 Å². The second-order valence-electron chi connectivity index (χ2n) is 3.22. The average molecular weight is 223 g/mol. The largest absolute Gasteiger partial charge is 0.481 e. The molecule has 6 heteroatoms. The van der Waals surface area contributed by atoms with E-state index < -0.39 is 5.97 Å². The van der Waals surface area contributed by atoms with Crippen molar-refractivity contribution in [2.75, 3.05) is 11.4 Å². The summed E-state index contributed by atoms with van der Waals surface area (Å²) in [7, 11) is 0. The maximum absolute atomic E-state index is 11.3. The molecule has 0 aromatic carbocycles. The maximum atomic E-state index is 11.3. The van der Waals surface area contributed by atoms with Crippen molar-refractivity contribution in [2.24, 2.45) is 0 Å². The fourth-order valence-electron chi connectivity index (χ4n) is 1.22. The van der Waals surface area contributed by atoms with Gasteiger partial charge in [0.1, 0.15) is 0 Å². The fraction of sp³-hybridized carbons (Fsp3) is 0.400. The summed E-state index contributed by atoms with van der Waals surface area (Å²) >= 11 is 0. The lowest BCUT2D eigenvalue weighted by molar-refractivity contribution is -0.137. The van der Waals surface area contributed by atoms with Crippen LogP contribution in [0.3, 0.4) is 0 Å². The van der Waals surface area contributed by atoms with Crippen LogP contribution in [0.5, 0.6) is 0 Å². The van der Waals surface area contributed by atoms with Crippen molar-refractivity contribution in [3.05, 3.63) is 18.5 Å². The molecule has 1 N–H and O–H groups in total. The van der Waals surface area contributed by atoms with Gasteiger partial charge in [0, 0.05) is 32.3 Å². The van der Waals surface area contributed by atoms with E-state index in [-0.39, 0.29) is 12.3 Å². The standard InChI is InChI=1S/C10H13N3O3/c1-8(14)13(7-2-4-9(15)16)10-11-5-3-6-12-10/h3,5-6H,2,4,7H2,1H3,(H,15,16). The third kappa shape index (κ3) is 3.64. The second-order valence-corrected chi connectivity index (χ2v) is 3.22. The van der Waals surface area contributed by atoms with E-state index in [1.807, 2.05) is 0 Å². The summed E-state index contributed by atoms with van der Waals surface area (Å²) in [4.78, 5) is 30.9. The van der Waals surface area contributed by atoms with Crippen molar-refractivity contribution in [3.8, 4) is 0 Å². The van der Waals surface area contributed by atoms with Crippen LogP contribution in [-0.4, -0.2) is 33.5 Å². The first-order chi connectivity index (χ1) is 7.61. The summed E-state index contributed by atoms with van der Waals surface area (Å²) in [5.41, 5.74) is 0. The number of hydrogen-bond donors (Lipinski definition) is 1. The van der Waals surface area contributed by atoms with Crippen LogP contribution in [0.2, 0.25) is 0 Å². The Morgan fingerprint density at radius 2 is 2.00 bits per heavy atom. The summed E-state index contributed by atoms with van der Waals surface area (Å²) < 4.78 is 0. The summed E-state index contributed by atoms with van der Waals surface area (Å²) in [5, 5.41) is 8.50. The van der Waals surface area contributed by atoms with E-state index in [4.69, 9.17) is 5.11 Å². The predicted molar refractivity (Wildman–Crippen MR) is 56.9 cm³/mol. The number of aliphatic carboxylic acids is 1. The minimum absolute atomic E-state index is 0.0244. The number of anilines is 1. The Balaban J connectivity index is 2.62. The van der Waals surface area contributed by atoms with Crippen LogP contribution >= 0.6 is 0 Å². The van der Waals surface area contributed by atoms with Gasteiger partial charge >= 0.3 is 5.97 Å². The van der Waals surface area contributed by atoms with Crippen LogP contribution in [0.4, 0.5) is 5.95 Å². The zero-order chi connectivity index (χ0) is 12.0. The minimum Gasteiger partial charge on any atom is -0.481 e. The van der Waals surface area contributed by atoms with Gasteiger partial charge in [-0.2, -0.15) is 0 Å². The van der Waals surface area contributed by atoms with Gasteiger partial charge in [0.05, 0.1) is 0 Å². The zero-order valence-corrected chi connectivity index (χ0v) is 8.96. The number of carboxylic acids is 1. The lowest BCUT2D eigenvalue weighted by Gasteiger charge is -2.17. The Bertz CT molecular complexity index is 367. The fourth-order valence-corrected chi connectivity index (χ4v) is 1.22. The van der Waals surface area contributed by atoms with Crippen LogP contribution < -0.4 is 4.90 Å². The average Bonchev–Trinajstić information content (AvgIpc) is 2.25. The van der Waals surface area contributed by atoms with E-state index in [0.717, 1.165) is 0 Å². The zero-order valence-electron chi connectivity index (χ0n) is 8.96. The molecule has 6 nitrogen and oxygen atoms in total. The summed E-state index contributed by atoms with van der Waals surface area (Å²) in [5.74, 6) is -0.769. The van der Waals surface area contributed by atoms with E-state index in [0.29, 0.717) is 18.9 Å². The van der Waals surface area contributed by atoms with Crippen LogP contribution in [0.1, 0.15) is 19.8 Å². The third-order valence-corrected chi connectivity index (χ3v) is 1.95. The van der Waals surface area contributed by atoms with Gasteiger partial charge < -0.3 is 5.11 Å². The predicted octanol–water partition coefficient (Wildman–Crippen LogP) is 0.694. The van der Waals surface area contributed by atoms with Crippen molar-refractivity contribution < 1.29 is 14.7 Å². The lowest BCUT2D eigenvalue weighted by atomic mass is 10.3. The first-order valence-electron chi connectivity index (χ1n) is 4.88. The molecule has 0 unspecified atom stereocenters. The summed E-state index contributed by atoms with van der Waals surface area (Å²) in [6.07, 6.45) is 3.48. The van der Waals surface area contributed by atoms with Crippen LogP contribution in [0.25, 0.3) is 0 Å². The second kappa shape index (κ2) is 5.79. The van der Waals surface area contributed by atoms with Crippen LogP contribution in [-0.2, 0) is 9.59 Å². The molecule has 86 valence electrons. The number of nitrogens with zero attached hydrogens (tertiary/aromatic N) is 3. The number of rotatable bonds is 5. The van der Waals surface area contributed by atoms with Gasteiger partial charge in [-0.1, -0.05) is 0 Å². The van der Waals surface area contributed by atoms with E-state index in [1.54, 1.807) is 6.07 Å². The van der Waals surface area contributed by atoms with Crippen molar-refractivity contribution in [1.29, 1.82) is 0 Å². The molecular weight excluding hydrogens is 210 g/mol. The van der Waals surface area contributed by atoms with Crippen molar-refractivity contribution in [3.63, 3.8) is 0 Å². The molecule has 0 radical (unpaired) electrons. The molecule has 0 saturated carbocycles.